The van der Waals surface area contributed by atoms with E-state index in [2.05, 4.69) is 36.5 Å². The van der Waals surface area contributed by atoms with E-state index in [1.54, 1.807) is 6.92 Å². The zero-order valence-electron chi connectivity index (χ0n) is 13.8. The summed E-state index contributed by atoms with van der Waals surface area (Å²) in [6.07, 6.45) is 2.23. The Balaban J connectivity index is 1.71. The minimum atomic E-state index is -1.01. The second kappa shape index (κ2) is 5.82. The fourth-order valence-electron chi connectivity index (χ4n) is 3.21. The van der Waals surface area contributed by atoms with E-state index in [9.17, 15) is 4.79 Å². The van der Waals surface area contributed by atoms with Gasteiger partial charge in [0.1, 0.15) is 5.54 Å². The zero-order valence-corrected chi connectivity index (χ0v) is 13.8. The molecule has 3 heteroatoms. The first-order valence-electron chi connectivity index (χ1n) is 8.15. The molecule has 0 bridgehead atoms. The van der Waals surface area contributed by atoms with E-state index in [1.165, 1.54) is 11.1 Å². The Labute approximate surface area is 137 Å². The lowest BCUT2D eigenvalue weighted by Crippen LogP contribution is -2.50. The molecule has 1 fully saturated rings. The molecular formula is C20H24N2O. The highest BCUT2D eigenvalue weighted by Gasteiger charge is 2.45. The number of amides is 1. The van der Waals surface area contributed by atoms with Gasteiger partial charge < -0.3 is 11.1 Å². The van der Waals surface area contributed by atoms with E-state index in [0.717, 1.165) is 18.4 Å². The molecule has 2 aromatic carbocycles. The smallest absolute Gasteiger partial charge is 0.244 e. The highest BCUT2D eigenvalue weighted by Crippen LogP contribution is 2.48. The molecule has 3 nitrogen and oxygen atoms in total. The molecule has 1 aliphatic rings. The molecule has 3 N–H and O–H groups in total. The normalized spacial score (nSPS) is 18.0. The fraction of sp³-hybridized carbons (Fsp3) is 0.350. The Morgan fingerprint density at radius 2 is 1.74 bits per heavy atom. The molecule has 1 atom stereocenters. The van der Waals surface area contributed by atoms with Gasteiger partial charge in [0.25, 0.3) is 0 Å². The molecule has 0 radical (unpaired) electrons. The van der Waals surface area contributed by atoms with Crippen molar-refractivity contribution in [2.24, 2.45) is 5.73 Å². The van der Waals surface area contributed by atoms with Crippen molar-refractivity contribution in [2.75, 3.05) is 6.54 Å². The lowest BCUT2D eigenvalue weighted by atomic mass is 9.90. The van der Waals surface area contributed by atoms with Crippen molar-refractivity contribution in [3.05, 3.63) is 71.3 Å². The maximum atomic E-state index is 12.6. The van der Waals surface area contributed by atoms with E-state index in [-0.39, 0.29) is 11.3 Å². The summed E-state index contributed by atoms with van der Waals surface area (Å²) in [4.78, 5) is 12.6. The Hall–Kier alpha value is -2.13. The Bertz CT molecular complexity index is 703. The molecular weight excluding hydrogens is 284 g/mol. The average molecular weight is 308 g/mol. The number of benzene rings is 2. The molecule has 1 saturated carbocycles. The third-order valence-electron chi connectivity index (χ3n) is 5.00. The molecule has 23 heavy (non-hydrogen) atoms. The molecule has 120 valence electrons. The van der Waals surface area contributed by atoms with E-state index in [0.29, 0.717) is 6.54 Å². The summed E-state index contributed by atoms with van der Waals surface area (Å²) in [7, 11) is 0. The number of carbonyl (C=O) groups excluding carboxylic acids is 1. The second-order valence-corrected chi connectivity index (χ2v) is 6.85. The van der Waals surface area contributed by atoms with E-state index in [4.69, 9.17) is 5.73 Å². The monoisotopic (exact) mass is 308 g/mol. The number of nitrogens with one attached hydrogen (secondary N) is 1. The molecule has 1 amide bonds. The minimum absolute atomic E-state index is 0.0910. The number of nitrogens with two attached hydrogens (primary N) is 1. The van der Waals surface area contributed by atoms with Crippen molar-refractivity contribution < 1.29 is 4.79 Å². The van der Waals surface area contributed by atoms with Crippen LogP contribution in [-0.4, -0.2) is 12.5 Å². The first kappa shape index (κ1) is 15.8. The van der Waals surface area contributed by atoms with Crippen LogP contribution in [0.5, 0.6) is 0 Å². The van der Waals surface area contributed by atoms with Crippen LogP contribution in [-0.2, 0) is 15.7 Å². The van der Waals surface area contributed by atoms with E-state index in [1.807, 2.05) is 30.3 Å². The number of aryl methyl sites for hydroxylation is 1. The van der Waals surface area contributed by atoms with Gasteiger partial charge in [-0.25, -0.2) is 0 Å². The van der Waals surface area contributed by atoms with Crippen LogP contribution >= 0.6 is 0 Å². The van der Waals surface area contributed by atoms with Crippen molar-refractivity contribution in [1.82, 2.24) is 5.32 Å². The first-order chi connectivity index (χ1) is 11.0. The summed E-state index contributed by atoms with van der Waals surface area (Å²) in [5.74, 6) is -0.122. The predicted molar refractivity (Wildman–Crippen MR) is 93.1 cm³/mol. The van der Waals surface area contributed by atoms with Crippen LogP contribution in [0.1, 0.15) is 36.5 Å². The predicted octanol–water partition coefficient (Wildman–Crippen LogP) is 3.02. The van der Waals surface area contributed by atoms with Crippen LogP contribution in [0, 0.1) is 6.92 Å². The van der Waals surface area contributed by atoms with E-state index >= 15 is 0 Å². The molecule has 0 spiro atoms. The van der Waals surface area contributed by atoms with Gasteiger partial charge in [0, 0.05) is 12.0 Å². The number of rotatable bonds is 5. The summed E-state index contributed by atoms with van der Waals surface area (Å²) in [5.41, 5.74) is 8.84. The standard InChI is InChI=1S/C20H24N2O/c1-15-8-6-7-11-17(15)20(12-13-20)14-22-18(23)19(2,21)16-9-4-3-5-10-16/h3-11H,12-14,21H2,1-2H3,(H,22,23). The van der Waals surface area contributed by atoms with E-state index < -0.39 is 5.54 Å². The Morgan fingerprint density at radius 1 is 1.13 bits per heavy atom. The van der Waals surface area contributed by atoms with Crippen molar-refractivity contribution in [2.45, 2.75) is 37.6 Å². The third kappa shape index (κ3) is 3.02. The summed E-state index contributed by atoms with van der Waals surface area (Å²) in [5, 5.41) is 3.09. The molecule has 0 saturated heterocycles. The summed E-state index contributed by atoms with van der Waals surface area (Å²) in [6.45, 7) is 4.55. The summed E-state index contributed by atoms with van der Waals surface area (Å²) < 4.78 is 0. The largest absolute Gasteiger partial charge is 0.353 e. The lowest BCUT2D eigenvalue weighted by molar-refractivity contribution is -0.126. The topological polar surface area (TPSA) is 55.1 Å². The first-order valence-corrected chi connectivity index (χ1v) is 8.15. The van der Waals surface area contributed by atoms with Gasteiger partial charge in [-0.15, -0.1) is 0 Å². The van der Waals surface area contributed by atoms with Crippen LogP contribution < -0.4 is 11.1 Å². The highest BCUT2D eigenvalue weighted by molar-refractivity contribution is 5.87. The lowest BCUT2D eigenvalue weighted by Gasteiger charge is -2.26. The average Bonchev–Trinajstić information content (AvgIpc) is 3.35. The number of carbonyl (C=O) groups is 1. The third-order valence-corrected chi connectivity index (χ3v) is 5.00. The number of hydrogen-bond acceptors (Lipinski definition) is 2. The quantitative estimate of drug-likeness (QED) is 0.892. The Morgan fingerprint density at radius 3 is 2.35 bits per heavy atom. The van der Waals surface area contributed by atoms with Gasteiger partial charge in [0.15, 0.2) is 0 Å². The molecule has 0 heterocycles. The van der Waals surface area contributed by atoms with Gasteiger partial charge in [-0.2, -0.15) is 0 Å². The van der Waals surface area contributed by atoms with Crippen LogP contribution in [0.3, 0.4) is 0 Å². The molecule has 1 aliphatic carbocycles. The van der Waals surface area contributed by atoms with Gasteiger partial charge in [0.05, 0.1) is 0 Å². The molecule has 0 aliphatic heterocycles. The molecule has 0 aromatic heterocycles. The maximum Gasteiger partial charge on any atom is 0.244 e. The number of hydrogen-bond donors (Lipinski definition) is 2. The molecule has 2 aromatic rings. The SMILES string of the molecule is Cc1ccccc1C1(CNC(=O)C(C)(N)c2ccccc2)CC1. The van der Waals surface area contributed by atoms with Gasteiger partial charge in [-0.1, -0.05) is 54.6 Å². The van der Waals surface area contributed by atoms with Crippen molar-refractivity contribution in [1.29, 1.82) is 0 Å². The Kier molecular flexibility index (Phi) is 3.99. The maximum absolute atomic E-state index is 12.6. The van der Waals surface area contributed by atoms with Crippen LogP contribution in [0.25, 0.3) is 0 Å². The zero-order chi connectivity index (χ0) is 16.5. The van der Waals surface area contributed by atoms with Gasteiger partial charge in [-0.3, -0.25) is 4.79 Å². The molecule has 3 rings (SSSR count). The summed E-state index contributed by atoms with van der Waals surface area (Å²) in [6, 6.07) is 18.0. The highest BCUT2D eigenvalue weighted by atomic mass is 16.2. The molecule has 1 unspecified atom stereocenters. The van der Waals surface area contributed by atoms with Crippen LogP contribution in [0.4, 0.5) is 0 Å². The summed E-state index contributed by atoms with van der Waals surface area (Å²) >= 11 is 0. The van der Waals surface area contributed by atoms with Gasteiger partial charge in [-0.05, 0) is 43.4 Å². The second-order valence-electron chi connectivity index (χ2n) is 6.85. The van der Waals surface area contributed by atoms with Gasteiger partial charge >= 0.3 is 0 Å². The van der Waals surface area contributed by atoms with Crippen molar-refractivity contribution >= 4 is 5.91 Å². The van der Waals surface area contributed by atoms with Crippen LogP contribution in [0.15, 0.2) is 54.6 Å². The van der Waals surface area contributed by atoms with Gasteiger partial charge in [0.2, 0.25) is 5.91 Å². The minimum Gasteiger partial charge on any atom is -0.353 e. The van der Waals surface area contributed by atoms with Crippen molar-refractivity contribution in [3.63, 3.8) is 0 Å². The van der Waals surface area contributed by atoms with Crippen molar-refractivity contribution in [3.8, 4) is 0 Å². The van der Waals surface area contributed by atoms with Crippen LogP contribution in [0.2, 0.25) is 0 Å². The fourth-order valence-corrected chi connectivity index (χ4v) is 3.21.